The number of carbonyl (C=O) groups is 1. The predicted octanol–water partition coefficient (Wildman–Crippen LogP) is 4.72. The third-order valence-corrected chi connectivity index (χ3v) is 5.44. The van der Waals surface area contributed by atoms with Gasteiger partial charge in [-0.15, -0.1) is 0 Å². The molecular weight excluding hydrogens is 334 g/mol. The molecule has 0 bridgehead atoms. The van der Waals surface area contributed by atoms with E-state index in [1.165, 1.54) is 5.56 Å². The molecule has 0 aliphatic heterocycles. The average Bonchev–Trinajstić information content (AvgIpc) is 3.52. The Balaban J connectivity index is 1.77. The number of amides is 1. The average molecular weight is 359 g/mol. The van der Waals surface area contributed by atoms with Crippen molar-refractivity contribution in [2.75, 3.05) is 7.05 Å². The molecule has 1 aliphatic rings. The lowest BCUT2D eigenvalue weighted by molar-refractivity contribution is 0.0709. The van der Waals surface area contributed by atoms with Gasteiger partial charge in [0.05, 0.1) is 22.8 Å². The standard InChI is InChI=1S/C23H25N3O/c1-4-16-8-11-20-18(14-16)19(13-15(2)25-20)23(27)26(3)22(17-9-10-17)21-7-5-6-12-24-21/h5-8,11-14,17,22H,4,9-10H2,1-3H3/t22-/m0/s1. The Kier molecular flexibility index (Phi) is 4.65. The van der Waals surface area contributed by atoms with E-state index >= 15 is 0 Å². The van der Waals surface area contributed by atoms with Crippen molar-refractivity contribution >= 4 is 16.8 Å². The van der Waals surface area contributed by atoms with Gasteiger partial charge in [-0.1, -0.05) is 19.1 Å². The third-order valence-electron chi connectivity index (χ3n) is 5.44. The van der Waals surface area contributed by atoms with Gasteiger partial charge >= 0.3 is 0 Å². The molecule has 0 spiro atoms. The molecule has 27 heavy (non-hydrogen) atoms. The van der Waals surface area contributed by atoms with Crippen LogP contribution in [0.4, 0.5) is 0 Å². The fraction of sp³-hybridized carbons (Fsp3) is 0.348. The summed E-state index contributed by atoms with van der Waals surface area (Å²) in [7, 11) is 1.91. The Labute approximate surface area is 160 Å². The summed E-state index contributed by atoms with van der Waals surface area (Å²) in [5.74, 6) is 0.538. The molecule has 2 heterocycles. The molecule has 1 amide bonds. The van der Waals surface area contributed by atoms with Crippen molar-refractivity contribution in [3.63, 3.8) is 0 Å². The zero-order valence-corrected chi connectivity index (χ0v) is 16.1. The van der Waals surface area contributed by atoms with E-state index in [0.717, 1.165) is 47.1 Å². The summed E-state index contributed by atoms with van der Waals surface area (Å²) < 4.78 is 0. The van der Waals surface area contributed by atoms with Crippen molar-refractivity contribution in [3.05, 3.63) is 71.2 Å². The fourth-order valence-electron chi connectivity index (χ4n) is 3.84. The summed E-state index contributed by atoms with van der Waals surface area (Å²) in [6, 6.07) is 14.1. The van der Waals surface area contributed by atoms with E-state index in [4.69, 9.17) is 0 Å². The molecule has 1 atom stereocenters. The third kappa shape index (κ3) is 3.44. The van der Waals surface area contributed by atoms with Gasteiger partial charge in [0.2, 0.25) is 0 Å². The highest BCUT2D eigenvalue weighted by atomic mass is 16.2. The van der Waals surface area contributed by atoms with Crippen LogP contribution in [-0.2, 0) is 6.42 Å². The number of benzene rings is 1. The number of fused-ring (bicyclic) bond motifs is 1. The van der Waals surface area contributed by atoms with Crippen LogP contribution in [0.25, 0.3) is 10.9 Å². The Morgan fingerprint density at radius 1 is 1.22 bits per heavy atom. The van der Waals surface area contributed by atoms with Crippen molar-refractivity contribution in [2.24, 2.45) is 5.92 Å². The maximum atomic E-state index is 13.5. The van der Waals surface area contributed by atoms with Crippen LogP contribution in [0.15, 0.2) is 48.7 Å². The quantitative estimate of drug-likeness (QED) is 0.662. The van der Waals surface area contributed by atoms with Crippen molar-refractivity contribution in [3.8, 4) is 0 Å². The second-order valence-electron chi connectivity index (χ2n) is 7.47. The van der Waals surface area contributed by atoms with Gasteiger partial charge in [-0.25, -0.2) is 0 Å². The lowest BCUT2D eigenvalue weighted by Crippen LogP contribution is -2.33. The van der Waals surface area contributed by atoms with Crippen LogP contribution in [0.1, 0.15) is 53.1 Å². The summed E-state index contributed by atoms with van der Waals surface area (Å²) in [6.07, 6.45) is 5.04. The number of aromatic nitrogens is 2. The molecule has 0 N–H and O–H groups in total. The minimum Gasteiger partial charge on any atom is -0.333 e. The molecule has 1 saturated carbocycles. The van der Waals surface area contributed by atoms with Crippen molar-refractivity contribution in [1.29, 1.82) is 0 Å². The molecule has 138 valence electrons. The maximum Gasteiger partial charge on any atom is 0.254 e. The normalized spacial score (nSPS) is 14.9. The molecule has 0 radical (unpaired) electrons. The van der Waals surface area contributed by atoms with Gasteiger partial charge in [-0.05, 0) is 68.0 Å². The lowest BCUT2D eigenvalue weighted by atomic mass is 10.0. The molecule has 1 fully saturated rings. The molecule has 4 nitrogen and oxygen atoms in total. The van der Waals surface area contributed by atoms with Crippen LogP contribution >= 0.6 is 0 Å². The number of nitrogens with zero attached hydrogens (tertiary/aromatic N) is 3. The van der Waals surface area contributed by atoms with E-state index in [1.54, 1.807) is 0 Å². The van der Waals surface area contributed by atoms with E-state index in [1.807, 2.05) is 55.4 Å². The summed E-state index contributed by atoms with van der Waals surface area (Å²) in [4.78, 5) is 24.6. The zero-order chi connectivity index (χ0) is 19.0. The van der Waals surface area contributed by atoms with Crippen LogP contribution in [0.3, 0.4) is 0 Å². The zero-order valence-electron chi connectivity index (χ0n) is 16.1. The minimum absolute atomic E-state index is 0.0246. The highest BCUT2D eigenvalue weighted by Crippen LogP contribution is 2.44. The highest BCUT2D eigenvalue weighted by Gasteiger charge is 2.38. The van der Waals surface area contributed by atoms with Crippen molar-refractivity contribution in [1.82, 2.24) is 14.9 Å². The van der Waals surface area contributed by atoms with Crippen molar-refractivity contribution < 1.29 is 4.79 Å². The van der Waals surface area contributed by atoms with Gasteiger partial charge in [0.25, 0.3) is 5.91 Å². The first-order valence-electron chi connectivity index (χ1n) is 9.67. The molecule has 2 aromatic heterocycles. The Bertz CT molecular complexity index is 980. The summed E-state index contributed by atoms with van der Waals surface area (Å²) in [5.41, 5.74) is 4.67. The first-order chi connectivity index (χ1) is 13.1. The number of pyridine rings is 2. The largest absolute Gasteiger partial charge is 0.333 e. The molecule has 0 saturated heterocycles. The number of hydrogen-bond donors (Lipinski definition) is 0. The van der Waals surface area contributed by atoms with Crippen LogP contribution < -0.4 is 0 Å². The number of carbonyl (C=O) groups excluding carboxylic acids is 1. The van der Waals surface area contributed by atoms with E-state index < -0.39 is 0 Å². The molecule has 3 aromatic rings. The fourth-order valence-corrected chi connectivity index (χ4v) is 3.84. The van der Waals surface area contributed by atoms with Crippen LogP contribution in [0.5, 0.6) is 0 Å². The van der Waals surface area contributed by atoms with Crippen LogP contribution in [0.2, 0.25) is 0 Å². The Morgan fingerprint density at radius 2 is 2.04 bits per heavy atom. The van der Waals surface area contributed by atoms with E-state index in [9.17, 15) is 4.79 Å². The van der Waals surface area contributed by atoms with Gasteiger partial charge < -0.3 is 4.90 Å². The number of aryl methyl sites for hydroxylation is 2. The molecular formula is C23H25N3O. The smallest absolute Gasteiger partial charge is 0.254 e. The molecule has 1 aliphatic carbocycles. The first kappa shape index (κ1) is 17.7. The van der Waals surface area contributed by atoms with Gasteiger partial charge in [-0.2, -0.15) is 0 Å². The second kappa shape index (κ2) is 7.10. The number of hydrogen-bond acceptors (Lipinski definition) is 3. The van der Waals surface area contributed by atoms with Gasteiger partial charge in [0, 0.05) is 24.3 Å². The SMILES string of the molecule is CCc1ccc2nc(C)cc(C(=O)N(C)[C@H](c3ccccn3)C3CC3)c2c1. The minimum atomic E-state index is 0.0246. The first-order valence-corrected chi connectivity index (χ1v) is 9.67. The molecule has 1 aromatic carbocycles. The number of rotatable bonds is 5. The Hall–Kier alpha value is -2.75. The lowest BCUT2D eigenvalue weighted by Gasteiger charge is -2.28. The second-order valence-corrected chi connectivity index (χ2v) is 7.47. The van der Waals surface area contributed by atoms with E-state index in [2.05, 4.69) is 29.0 Å². The molecule has 4 heteroatoms. The van der Waals surface area contributed by atoms with Gasteiger partial charge in [0.15, 0.2) is 0 Å². The van der Waals surface area contributed by atoms with Crippen molar-refractivity contribution in [2.45, 2.75) is 39.2 Å². The molecule has 4 rings (SSSR count). The Morgan fingerprint density at radius 3 is 2.70 bits per heavy atom. The highest BCUT2D eigenvalue weighted by molar-refractivity contribution is 6.06. The predicted molar refractivity (Wildman–Crippen MR) is 108 cm³/mol. The molecule has 0 unspecified atom stereocenters. The summed E-state index contributed by atoms with van der Waals surface area (Å²) >= 11 is 0. The monoisotopic (exact) mass is 359 g/mol. The van der Waals surface area contributed by atoms with E-state index in [0.29, 0.717) is 5.92 Å². The topological polar surface area (TPSA) is 46.1 Å². The van der Waals surface area contributed by atoms with Gasteiger partial charge in [0.1, 0.15) is 0 Å². The maximum absolute atomic E-state index is 13.5. The van der Waals surface area contributed by atoms with Crippen LogP contribution in [-0.4, -0.2) is 27.8 Å². The summed E-state index contributed by atoms with van der Waals surface area (Å²) in [6.45, 7) is 4.07. The van der Waals surface area contributed by atoms with Gasteiger partial charge in [-0.3, -0.25) is 14.8 Å². The summed E-state index contributed by atoms with van der Waals surface area (Å²) in [5, 5.41) is 0.937. The van der Waals surface area contributed by atoms with E-state index in [-0.39, 0.29) is 11.9 Å². The van der Waals surface area contributed by atoms with Crippen LogP contribution in [0, 0.1) is 12.8 Å².